The normalized spacial score (nSPS) is 16.0. The largest absolute Gasteiger partial charge is 0.508 e. The Morgan fingerprint density at radius 3 is 2.56 bits per heavy atom. The number of hydrogen-bond donors (Lipinski definition) is 2. The summed E-state index contributed by atoms with van der Waals surface area (Å²) in [6.45, 7) is 5.61. The maximum absolute atomic E-state index is 10.6. The molecule has 1 saturated heterocycles. The number of carbonyl (C=O) groups is 1. The molecule has 2 N–H and O–H groups in total. The van der Waals surface area contributed by atoms with E-state index in [0.717, 1.165) is 30.8 Å². The van der Waals surface area contributed by atoms with Gasteiger partial charge in [-0.25, -0.2) is 0 Å². The minimum Gasteiger partial charge on any atom is -0.508 e. The van der Waals surface area contributed by atoms with Crippen molar-refractivity contribution in [2.24, 2.45) is 0 Å². The number of aliphatic carboxylic acids is 1. The van der Waals surface area contributed by atoms with Crippen LogP contribution in [0.25, 0.3) is 0 Å². The van der Waals surface area contributed by atoms with E-state index in [4.69, 9.17) is 9.84 Å². The molecule has 0 atom stereocenters. The number of carboxylic acid groups (broad SMARTS) is 1. The molecule has 0 bridgehead atoms. The van der Waals surface area contributed by atoms with Crippen molar-refractivity contribution >= 4 is 5.97 Å². The van der Waals surface area contributed by atoms with E-state index in [1.54, 1.807) is 6.07 Å². The molecule has 1 aliphatic heterocycles. The molecule has 2 aromatic rings. The maximum atomic E-state index is 10.6. The third-order valence-electron chi connectivity index (χ3n) is 5.33. The van der Waals surface area contributed by atoms with Gasteiger partial charge in [-0.1, -0.05) is 49.4 Å². The Kier molecular flexibility index (Phi) is 6.14. The summed E-state index contributed by atoms with van der Waals surface area (Å²) in [6, 6.07) is 16.1. The van der Waals surface area contributed by atoms with Gasteiger partial charge < -0.3 is 19.8 Å². The van der Waals surface area contributed by atoms with Crippen LogP contribution in [0.3, 0.4) is 0 Å². The van der Waals surface area contributed by atoms with Crippen LogP contribution in [0.2, 0.25) is 0 Å². The topological polar surface area (TPSA) is 70.0 Å². The molecule has 2 aromatic carbocycles. The van der Waals surface area contributed by atoms with E-state index >= 15 is 0 Å². The third-order valence-corrected chi connectivity index (χ3v) is 5.33. The fourth-order valence-corrected chi connectivity index (χ4v) is 3.78. The molecule has 0 amide bonds. The molecule has 1 heterocycles. The predicted molar refractivity (Wildman–Crippen MR) is 104 cm³/mol. The number of carboxylic acids is 1. The molecule has 27 heavy (non-hydrogen) atoms. The van der Waals surface area contributed by atoms with Crippen molar-refractivity contribution in [3.8, 4) is 5.75 Å². The molecule has 5 heteroatoms. The Bertz CT molecular complexity index is 769. The monoisotopic (exact) mass is 369 g/mol. The van der Waals surface area contributed by atoms with Crippen molar-refractivity contribution in [1.82, 2.24) is 4.90 Å². The number of ether oxygens (including phenoxy) is 1. The Balaban J connectivity index is 1.78. The maximum Gasteiger partial charge on any atom is 0.305 e. The first-order chi connectivity index (χ1) is 13.0. The number of phenolic OH excluding ortho intramolecular Hbond substituents is 1. The lowest BCUT2D eigenvalue weighted by Crippen LogP contribution is -2.59. The first-order valence-electron chi connectivity index (χ1n) is 9.45. The molecule has 0 unspecified atom stereocenters. The van der Waals surface area contributed by atoms with E-state index in [0.29, 0.717) is 18.8 Å². The van der Waals surface area contributed by atoms with Crippen molar-refractivity contribution in [2.45, 2.75) is 25.2 Å². The van der Waals surface area contributed by atoms with Gasteiger partial charge in [0.25, 0.3) is 0 Å². The molecule has 1 aliphatic rings. The summed E-state index contributed by atoms with van der Waals surface area (Å²) >= 11 is 0. The van der Waals surface area contributed by atoms with Gasteiger partial charge >= 0.3 is 5.97 Å². The minimum absolute atomic E-state index is 0.0186. The number of likely N-dealkylation sites (tertiary alicyclic amines) is 1. The molecule has 3 rings (SSSR count). The van der Waals surface area contributed by atoms with E-state index in [-0.39, 0.29) is 18.4 Å². The standard InChI is InChI=1S/C22H27NO4/c1-2-23-15-22(16-23,18-6-4-3-5-7-18)19-14-17(8-9-20(19)24)10-12-27-13-11-21(25)26/h3-9,14,24H,2,10-13,15-16H2,1H3,(H,25,26). The number of rotatable bonds is 9. The number of phenols is 1. The summed E-state index contributed by atoms with van der Waals surface area (Å²) in [6.07, 6.45) is 0.708. The van der Waals surface area contributed by atoms with Gasteiger partial charge in [-0.05, 0) is 30.2 Å². The van der Waals surface area contributed by atoms with E-state index in [9.17, 15) is 9.90 Å². The lowest BCUT2D eigenvalue weighted by Gasteiger charge is -2.51. The Labute approximate surface area is 160 Å². The quantitative estimate of drug-likeness (QED) is 0.665. The van der Waals surface area contributed by atoms with Crippen LogP contribution in [-0.4, -0.2) is 53.9 Å². The number of aromatic hydroxyl groups is 1. The van der Waals surface area contributed by atoms with Crippen molar-refractivity contribution in [1.29, 1.82) is 0 Å². The van der Waals surface area contributed by atoms with Gasteiger partial charge in [-0.15, -0.1) is 0 Å². The highest BCUT2D eigenvalue weighted by Crippen LogP contribution is 2.44. The van der Waals surface area contributed by atoms with Crippen molar-refractivity contribution in [3.05, 3.63) is 65.2 Å². The van der Waals surface area contributed by atoms with Crippen molar-refractivity contribution in [3.63, 3.8) is 0 Å². The van der Waals surface area contributed by atoms with Gasteiger partial charge in [0, 0.05) is 24.1 Å². The van der Waals surface area contributed by atoms with Crippen LogP contribution in [0, 0.1) is 0 Å². The lowest BCUT2D eigenvalue weighted by atomic mass is 9.68. The summed E-state index contributed by atoms with van der Waals surface area (Å²) in [5.74, 6) is -0.526. The summed E-state index contributed by atoms with van der Waals surface area (Å²) < 4.78 is 5.41. The fraction of sp³-hybridized carbons (Fsp3) is 0.409. The molecular weight excluding hydrogens is 342 g/mol. The van der Waals surface area contributed by atoms with E-state index in [1.807, 2.05) is 24.3 Å². The van der Waals surface area contributed by atoms with Crippen LogP contribution in [0.15, 0.2) is 48.5 Å². The molecule has 0 spiro atoms. The summed E-state index contributed by atoms with van der Waals surface area (Å²) in [5, 5.41) is 19.3. The number of hydrogen-bond acceptors (Lipinski definition) is 4. The molecule has 0 aromatic heterocycles. The third kappa shape index (κ3) is 4.31. The van der Waals surface area contributed by atoms with Gasteiger partial charge in [0.15, 0.2) is 0 Å². The number of nitrogens with zero attached hydrogens (tertiary/aromatic N) is 1. The average molecular weight is 369 g/mol. The second-order valence-electron chi connectivity index (χ2n) is 7.11. The number of benzene rings is 2. The second kappa shape index (κ2) is 8.55. The van der Waals surface area contributed by atoms with Crippen molar-refractivity contribution < 1.29 is 19.7 Å². The predicted octanol–water partition coefficient (Wildman–Crippen LogP) is 3.05. The zero-order valence-electron chi connectivity index (χ0n) is 15.7. The SMILES string of the molecule is CCN1CC(c2ccccc2)(c2cc(CCOCCC(=O)O)ccc2O)C1. The van der Waals surface area contributed by atoms with Crippen LogP contribution in [0.1, 0.15) is 30.0 Å². The Hall–Kier alpha value is -2.37. The molecular formula is C22H27NO4. The van der Waals surface area contributed by atoms with Crippen LogP contribution >= 0.6 is 0 Å². The Morgan fingerprint density at radius 1 is 1.15 bits per heavy atom. The number of likely N-dealkylation sites (N-methyl/N-ethyl adjacent to an activating group) is 1. The summed E-state index contributed by atoms with van der Waals surface area (Å²) in [4.78, 5) is 12.9. The molecule has 1 fully saturated rings. The summed E-state index contributed by atoms with van der Waals surface area (Å²) in [7, 11) is 0. The van der Waals surface area contributed by atoms with Crippen LogP contribution in [-0.2, 0) is 21.4 Å². The van der Waals surface area contributed by atoms with Crippen molar-refractivity contribution in [2.75, 3.05) is 32.8 Å². The van der Waals surface area contributed by atoms with Gasteiger partial charge in [0.2, 0.25) is 0 Å². The van der Waals surface area contributed by atoms with Crippen LogP contribution in [0.5, 0.6) is 5.75 Å². The zero-order valence-corrected chi connectivity index (χ0v) is 15.7. The van der Waals surface area contributed by atoms with E-state index in [1.165, 1.54) is 5.56 Å². The van der Waals surface area contributed by atoms with Gasteiger partial charge in [-0.3, -0.25) is 4.79 Å². The minimum atomic E-state index is -0.850. The fourth-order valence-electron chi connectivity index (χ4n) is 3.78. The van der Waals surface area contributed by atoms with Crippen LogP contribution in [0.4, 0.5) is 0 Å². The smallest absolute Gasteiger partial charge is 0.305 e. The second-order valence-corrected chi connectivity index (χ2v) is 7.11. The molecule has 0 saturated carbocycles. The first kappa shape index (κ1) is 19.4. The van der Waals surface area contributed by atoms with Gasteiger partial charge in [0.05, 0.1) is 19.6 Å². The van der Waals surface area contributed by atoms with E-state index in [2.05, 4.69) is 30.0 Å². The lowest BCUT2D eigenvalue weighted by molar-refractivity contribution is -0.138. The highest BCUT2D eigenvalue weighted by Gasteiger charge is 2.46. The molecule has 0 aliphatic carbocycles. The molecule has 5 nitrogen and oxygen atoms in total. The van der Waals surface area contributed by atoms with Crippen LogP contribution < -0.4 is 0 Å². The van der Waals surface area contributed by atoms with Gasteiger partial charge in [0.1, 0.15) is 5.75 Å². The van der Waals surface area contributed by atoms with E-state index < -0.39 is 5.97 Å². The Morgan fingerprint density at radius 2 is 1.89 bits per heavy atom. The zero-order chi connectivity index (χ0) is 19.3. The first-order valence-corrected chi connectivity index (χ1v) is 9.45. The van der Waals surface area contributed by atoms with Gasteiger partial charge in [-0.2, -0.15) is 0 Å². The highest BCUT2D eigenvalue weighted by atomic mass is 16.5. The highest BCUT2D eigenvalue weighted by molar-refractivity contribution is 5.66. The molecule has 144 valence electrons. The molecule has 0 radical (unpaired) electrons. The summed E-state index contributed by atoms with van der Waals surface area (Å²) in [5.41, 5.74) is 3.08. The average Bonchev–Trinajstić information content (AvgIpc) is 2.63.